The van der Waals surface area contributed by atoms with Gasteiger partial charge in [0.1, 0.15) is 12.2 Å². The van der Waals surface area contributed by atoms with Gasteiger partial charge in [-0.3, -0.25) is 14.9 Å². The minimum Gasteiger partial charge on any atom is -0.493 e. The average molecular weight is 521 g/mol. The number of aromatic carboxylic acids is 1. The number of carboxylic acid groups (broad SMARTS) is 1. The van der Waals surface area contributed by atoms with Crippen molar-refractivity contribution >= 4 is 47.2 Å². The van der Waals surface area contributed by atoms with Crippen LogP contribution in [0.2, 0.25) is 5.02 Å². The molecule has 1 aliphatic heterocycles. The number of imide groups is 2. The van der Waals surface area contributed by atoms with Gasteiger partial charge in [0, 0.05) is 0 Å². The van der Waals surface area contributed by atoms with Gasteiger partial charge in [0.05, 0.1) is 23.4 Å². The maximum absolute atomic E-state index is 13.1. The van der Waals surface area contributed by atoms with E-state index in [9.17, 15) is 19.2 Å². The number of rotatable bonds is 7. The Balaban J connectivity index is 1.62. The molecule has 37 heavy (non-hydrogen) atoms. The van der Waals surface area contributed by atoms with E-state index in [4.69, 9.17) is 26.2 Å². The molecule has 1 saturated heterocycles. The number of nitrogens with zero attached hydrogens (tertiary/aromatic N) is 1. The van der Waals surface area contributed by atoms with Crippen molar-refractivity contribution in [3.05, 3.63) is 93.5 Å². The topological polar surface area (TPSA) is 122 Å². The summed E-state index contributed by atoms with van der Waals surface area (Å²) < 4.78 is 11.2. The molecule has 3 aromatic rings. The fourth-order valence-electron chi connectivity index (χ4n) is 3.67. The van der Waals surface area contributed by atoms with Crippen LogP contribution in [-0.4, -0.2) is 36.0 Å². The number of aryl methyl sites for hydroxylation is 1. The molecular weight excluding hydrogens is 500 g/mol. The van der Waals surface area contributed by atoms with E-state index < -0.39 is 23.8 Å². The summed E-state index contributed by atoms with van der Waals surface area (Å²) in [5.74, 6) is -2.26. The number of benzene rings is 3. The zero-order chi connectivity index (χ0) is 26.7. The van der Waals surface area contributed by atoms with Gasteiger partial charge in [-0.05, 0) is 60.5 Å². The molecule has 0 spiro atoms. The van der Waals surface area contributed by atoms with E-state index in [1.165, 1.54) is 37.5 Å². The lowest BCUT2D eigenvalue weighted by Crippen LogP contribution is -2.54. The Labute approximate surface area is 216 Å². The lowest BCUT2D eigenvalue weighted by Gasteiger charge is -2.26. The second-order valence-electron chi connectivity index (χ2n) is 8.12. The van der Waals surface area contributed by atoms with E-state index >= 15 is 0 Å². The zero-order valence-corrected chi connectivity index (χ0v) is 20.5. The van der Waals surface area contributed by atoms with Crippen LogP contribution in [0.4, 0.5) is 10.5 Å². The van der Waals surface area contributed by atoms with Crippen LogP contribution < -0.4 is 19.7 Å². The van der Waals surface area contributed by atoms with Crippen LogP contribution in [0.15, 0.2) is 66.2 Å². The Morgan fingerprint density at radius 1 is 1.08 bits per heavy atom. The number of nitrogens with one attached hydrogen (secondary N) is 1. The van der Waals surface area contributed by atoms with Crippen molar-refractivity contribution in [3.8, 4) is 11.5 Å². The average Bonchev–Trinajstić information content (AvgIpc) is 2.86. The van der Waals surface area contributed by atoms with Gasteiger partial charge in [0.15, 0.2) is 11.5 Å². The Bertz CT molecular complexity index is 1450. The number of methoxy groups -OCH3 is 1. The Morgan fingerprint density at radius 2 is 1.81 bits per heavy atom. The van der Waals surface area contributed by atoms with Gasteiger partial charge in [-0.15, -0.1) is 0 Å². The Morgan fingerprint density at radius 3 is 2.49 bits per heavy atom. The lowest BCUT2D eigenvalue weighted by molar-refractivity contribution is -0.122. The summed E-state index contributed by atoms with van der Waals surface area (Å²) in [4.78, 5) is 50.1. The highest BCUT2D eigenvalue weighted by molar-refractivity contribution is 6.39. The van der Waals surface area contributed by atoms with Gasteiger partial charge in [0.25, 0.3) is 11.8 Å². The molecule has 0 aliphatic carbocycles. The summed E-state index contributed by atoms with van der Waals surface area (Å²) in [6.07, 6.45) is 1.31. The number of amides is 4. The summed E-state index contributed by atoms with van der Waals surface area (Å²) in [6, 6.07) is 15.1. The Kier molecular flexibility index (Phi) is 7.26. The molecule has 0 atom stereocenters. The molecule has 2 N–H and O–H groups in total. The SMILES string of the molecule is COc1cc(/C=C2\C(=O)NC(=O)N(c3ccc(C)cc3)C2=O)cc(Cl)c1OCc1cccc(C(=O)O)c1. The van der Waals surface area contributed by atoms with Crippen LogP contribution in [0.3, 0.4) is 0 Å². The second kappa shape index (κ2) is 10.5. The molecule has 1 heterocycles. The van der Waals surface area contributed by atoms with Gasteiger partial charge in [0.2, 0.25) is 0 Å². The number of carbonyl (C=O) groups excluding carboxylic acids is 3. The van der Waals surface area contributed by atoms with Gasteiger partial charge >= 0.3 is 12.0 Å². The zero-order valence-electron chi connectivity index (χ0n) is 19.8. The quantitative estimate of drug-likeness (QED) is 0.345. The molecule has 10 heteroatoms. The fourth-order valence-corrected chi connectivity index (χ4v) is 3.94. The van der Waals surface area contributed by atoms with Crippen LogP contribution in [0.1, 0.15) is 27.0 Å². The summed E-state index contributed by atoms with van der Waals surface area (Å²) >= 11 is 6.44. The van der Waals surface area contributed by atoms with E-state index in [1.807, 2.05) is 6.92 Å². The van der Waals surface area contributed by atoms with Crippen LogP contribution >= 0.6 is 11.6 Å². The van der Waals surface area contributed by atoms with Crippen LogP contribution in [0.5, 0.6) is 11.5 Å². The molecule has 4 amide bonds. The van der Waals surface area contributed by atoms with Crippen LogP contribution in [0, 0.1) is 6.92 Å². The normalized spacial score (nSPS) is 14.5. The molecule has 0 unspecified atom stereocenters. The molecule has 0 bridgehead atoms. The fraction of sp³-hybridized carbons (Fsp3) is 0.111. The van der Waals surface area contributed by atoms with Gasteiger partial charge in [-0.1, -0.05) is 41.4 Å². The molecule has 0 saturated carbocycles. The van der Waals surface area contributed by atoms with Crippen molar-refractivity contribution in [1.82, 2.24) is 5.32 Å². The minimum atomic E-state index is -1.06. The maximum Gasteiger partial charge on any atom is 0.335 e. The van der Waals surface area contributed by atoms with Crippen molar-refractivity contribution in [2.75, 3.05) is 12.0 Å². The molecule has 3 aromatic carbocycles. The first-order valence-corrected chi connectivity index (χ1v) is 11.4. The third kappa shape index (κ3) is 5.46. The van der Waals surface area contributed by atoms with Crippen molar-refractivity contribution in [1.29, 1.82) is 0 Å². The Hall–Kier alpha value is -4.63. The highest BCUT2D eigenvalue weighted by atomic mass is 35.5. The largest absolute Gasteiger partial charge is 0.493 e. The predicted molar refractivity (Wildman–Crippen MR) is 136 cm³/mol. The van der Waals surface area contributed by atoms with E-state index in [2.05, 4.69) is 5.32 Å². The van der Waals surface area contributed by atoms with Crippen LogP contribution in [0.25, 0.3) is 6.08 Å². The number of barbiturate groups is 1. The van der Waals surface area contributed by atoms with E-state index in [0.717, 1.165) is 10.5 Å². The van der Waals surface area contributed by atoms with Crippen LogP contribution in [-0.2, 0) is 16.2 Å². The summed E-state index contributed by atoms with van der Waals surface area (Å²) in [7, 11) is 1.40. The van der Waals surface area contributed by atoms with E-state index in [-0.39, 0.29) is 34.3 Å². The molecule has 4 rings (SSSR count). The summed E-state index contributed by atoms with van der Waals surface area (Å²) in [5, 5.41) is 11.5. The van der Waals surface area contributed by atoms with Crippen molar-refractivity contribution in [2.24, 2.45) is 0 Å². The standard InChI is InChI=1S/C27H21ClN2O7/c1-15-6-8-19(9-7-15)30-25(32)20(24(31)29-27(30)35)11-17-12-21(28)23(22(13-17)36-2)37-14-16-4-3-5-18(10-16)26(33)34/h3-13H,14H2,1-2H3,(H,33,34)(H,29,31,35)/b20-11+. The van der Waals surface area contributed by atoms with Gasteiger partial charge < -0.3 is 14.6 Å². The van der Waals surface area contributed by atoms with E-state index in [0.29, 0.717) is 16.8 Å². The smallest absolute Gasteiger partial charge is 0.335 e. The number of hydrogen-bond donors (Lipinski definition) is 2. The molecule has 1 aliphatic rings. The molecule has 9 nitrogen and oxygen atoms in total. The lowest BCUT2D eigenvalue weighted by atomic mass is 10.1. The first-order valence-electron chi connectivity index (χ1n) is 11.0. The number of hydrogen-bond acceptors (Lipinski definition) is 6. The highest BCUT2D eigenvalue weighted by Gasteiger charge is 2.36. The summed E-state index contributed by atoms with van der Waals surface area (Å²) in [6.45, 7) is 1.89. The molecule has 188 valence electrons. The number of anilines is 1. The number of carbonyl (C=O) groups is 4. The summed E-state index contributed by atoms with van der Waals surface area (Å²) in [5.41, 5.74) is 2.08. The van der Waals surface area contributed by atoms with Crippen molar-refractivity contribution in [2.45, 2.75) is 13.5 Å². The van der Waals surface area contributed by atoms with Gasteiger partial charge in [-0.2, -0.15) is 0 Å². The number of carboxylic acids is 1. The first-order chi connectivity index (χ1) is 17.7. The molecular formula is C27H21ClN2O7. The number of ether oxygens (including phenoxy) is 2. The predicted octanol–water partition coefficient (Wildman–Crippen LogP) is 4.60. The molecule has 0 radical (unpaired) electrons. The third-order valence-corrected chi connectivity index (χ3v) is 5.79. The van der Waals surface area contributed by atoms with E-state index in [1.54, 1.807) is 36.4 Å². The highest BCUT2D eigenvalue weighted by Crippen LogP contribution is 2.38. The number of halogens is 1. The number of urea groups is 1. The third-order valence-electron chi connectivity index (χ3n) is 5.51. The monoisotopic (exact) mass is 520 g/mol. The maximum atomic E-state index is 13.1. The van der Waals surface area contributed by atoms with Crippen molar-refractivity contribution in [3.63, 3.8) is 0 Å². The first kappa shape index (κ1) is 25.5. The van der Waals surface area contributed by atoms with Gasteiger partial charge in [-0.25, -0.2) is 14.5 Å². The molecule has 0 aromatic heterocycles. The van der Waals surface area contributed by atoms with Crippen molar-refractivity contribution < 1.29 is 33.8 Å². The minimum absolute atomic E-state index is 0.0200. The molecule has 1 fully saturated rings. The second-order valence-corrected chi connectivity index (χ2v) is 8.53.